The van der Waals surface area contributed by atoms with E-state index in [0.717, 1.165) is 37.9 Å². The smallest absolute Gasteiger partial charge is 0.150 e. The minimum absolute atomic E-state index is 0.0131. The monoisotopic (exact) mass is 279 g/mol. The molecule has 1 aromatic rings. The summed E-state index contributed by atoms with van der Waals surface area (Å²) in [6.07, 6.45) is 2.94. The second kappa shape index (κ2) is 6.67. The molecule has 5 heteroatoms. The van der Waals surface area contributed by atoms with Crippen molar-refractivity contribution in [1.29, 1.82) is 5.26 Å². The highest BCUT2D eigenvalue weighted by molar-refractivity contribution is 5.52. The molecule has 3 nitrogen and oxygen atoms in total. The molecular weight excluding hydrogens is 260 g/mol. The summed E-state index contributed by atoms with van der Waals surface area (Å²) in [5, 5.41) is 12.1. The molecule has 1 N–H and O–H groups in total. The highest BCUT2D eigenvalue weighted by Gasteiger charge is 2.22. The van der Waals surface area contributed by atoms with Crippen molar-refractivity contribution >= 4 is 5.69 Å². The Kier molecular flexibility index (Phi) is 4.91. The van der Waals surface area contributed by atoms with Crippen molar-refractivity contribution in [1.82, 2.24) is 5.32 Å². The zero-order valence-electron chi connectivity index (χ0n) is 11.6. The lowest BCUT2D eigenvalue weighted by Gasteiger charge is -2.28. The van der Waals surface area contributed by atoms with Gasteiger partial charge in [0.25, 0.3) is 0 Å². The SMILES string of the molecule is CCCN(CC1CCCN1)c1c(F)cc(C#N)cc1F. The van der Waals surface area contributed by atoms with E-state index < -0.39 is 11.6 Å². The summed E-state index contributed by atoms with van der Waals surface area (Å²) in [4.78, 5) is 1.74. The van der Waals surface area contributed by atoms with Crippen molar-refractivity contribution in [3.05, 3.63) is 29.3 Å². The normalized spacial score (nSPS) is 18.0. The first-order chi connectivity index (χ1) is 9.65. The first-order valence-electron chi connectivity index (χ1n) is 7.03. The van der Waals surface area contributed by atoms with E-state index in [4.69, 9.17) is 5.26 Å². The molecule has 1 fully saturated rings. The maximum absolute atomic E-state index is 14.1. The highest BCUT2D eigenvalue weighted by atomic mass is 19.1. The fourth-order valence-corrected chi connectivity index (χ4v) is 2.68. The average Bonchev–Trinajstić information content (AvgIpc) is 2.90. The van der Waals surface area contributed by atoms with E-state index in [9.17, 15) is 8.78 Å². The van der Waals surface area contributed by atoms with E-state index in [1.54, 1.807) is 11.0 Å². The Morgan fingerprint density at radius 3 is 2.60 bits per heavy atom. The van der Waals surface area contributed by atoms with Crippen LogP contribution in [0.2, 0.25) is 0 Å². The van der Waals surface area contributed by atoms with Crippen LogP contribution in [0.25, 0.3) is 0 Å². The lowest BCUT2D eigenvalue weighted by atomic mass is 10.1. The number of nitrogens with one attached hydrogen (secondary N) is 1. The number of hydrogen-bond donors (Lipinski definition) is 1. The van der Waals surface area contributed by atoms with Gasteiger partial charge in [-0.15, -0.1) is 0 Å². The van der Waals surface area contributed by atoms with Crippen molar-refractivity contribution in [3.63, 3.8) is 0 Å². The number of anilines is 1. The molecule has 1 aromatic carbocycles. The van der Waals surface area contributed by atoms with E-state index in [0.29, 0.717) is 13.1 Å². The third-order valence-electron chi connectivity index (χ3n) is 3.56. The van der Waals surface area contributed by atoms with Gasteiger partial charge in [-0.2, -0.15) is 5.26 Å². The second-order valence-electron chi connectivity index (χ2n) is 5.14. The Morgan fingerprint density at radius 1 is 1.40 bits per heavy atom. The predicted octanol–water partition coefficient (Wildman–Crippen LogP) is 2.80. The quantitative estimate of drug-likeness (QED) is 0.901. The molecule has 1 heterocycles. The predicted molar refractivity (Wildman–Crippen MR) is 74.6 cm³/mol. The number of rotatable bonds is 5. The second-order valence-corrected chi connectivity index (χ2v) is 5.14. The molecule has 0 aromatic heterocycles. The molecule has 2 rings (SSSR count). The summed E-state index contributed by atoms with van der Waals surface area (Å²) >= 11 is 0. The van der Waals surface area contributed by atoms with Gasteiger partial charge in [-0.1, -0.05) is 6.92 Å². The van der Waals surface area contributed by atoms with Gasteiger partial charge in [0.2, 0.25) is 0 Å². The molecule has 1 saturated heterocycles. The van der Waals surface area contributed by atoms with Crippen LogP contribution in [0.5, 0.6) is 0 Å². The third kappa shape index (κ3) is 3.26. The maximum Gasteiger partial charge on any atom is 0.150 e. The van der Waals surface area contributed by atoms with Crippen LogP contribution in [0.1, 0.15) is 31.7 Å². The van der Waals surface area contributed by atoms with Gasteiger partial charge in [0.05, 0.1) is 11.6 Å². The Balaban J connectivity index is 2.26. The van der Waals surface area contributed by atoms with Gasteiger partial charge in [0.15, 0.2) is 11.6 Å². The van der Waals surface area contributed by atoms with E-state index in [1.807, 2.05) is 6.92 Å². The molecule has 1 aliphatic heterocycles. The van der Waals surface area contributed by atoms with Gasteiger partial charge in [0, 0.05) is 19.1 Å². The fourth-order valence-electron chi connectivity index (χ4n) is 2.68. The van der Waals surface area contributed by atoms with Gasteiger partial charge in [-0.25, -0.2) is 8.78 Å². The Labute approximate surface area is 118 Å². The summed E-state index contributed by atoms with van der Waals surface area (Å²) in [6, 6.07) is 4.24. The molecular formula is C15H19F2N3. The molecule has 0 spiro atoms. The highest BCUT2D eigenvalue weighted by Crippen LogP contribution is 2.26. The molecule has 0 bridgehead atoms. The van der Waals surface area contributed by atoms with Crippen molar-refractivity contribution in [2.75, 3.05) is 24.5 Å². The minimum Gasteiger partial charge on any atom is -0.365 e. The largest absolute Gasteiger partial charge is 0.365 e. The van der Waals surface area contributed by atoms with E-state index >= 15 is 0 Å². The Hall–Kier alpha value is -1.67. The minimum atomic E-state index is -0.659. The number of halogens is 2. The Bertz CT molecular complexity index is 481. The number of benzene rings is 1. The van der Waals surface area contributed by atoms with Gasteiger partial charge < -0.3 is 10.2 Å². The van der Waals surface area contributed by atoms with Crippen LogP contribution in [0, 0.1) is 23.0 Å². The number of nitrogens with zero attached hydrogens (tertiary/aromatic N) is 2. The fraction of sp³-hybridized carbons (Fsp3) is 0.533. The molecule has 20 heavy (non-hydrogen) atoms. The zero-order chi connectivity index (χ0) is 14.5. The lowest BCUT2D eigenvalue weighted by Crippen LogP contribution is -2.39. The van der Waals surface area contributed by atoms with Gasteiger partial charge in [-0.3, -0.25) is 0 Å². The molecule has 1 aliphatic rings. The van der Waals surface area contributed by atoms with Crippen LogP contribution in [-0.4, -0.2) is 25.7 Å². The van der Waals surface area contributed by atoms with E-state index in [1.165, 1.54) is 0 Å². The van der Waals surface area contributed by atoms with Crippen LogP contribution in [0.3, 0.4) is 0 Å². The van der Waals surface area contributed by atoms with Crippen molar-refractivity contribution in [2.24, 2.45) is 0 Å². The molecule has 0 saturated carbocycles. The standard InChI is InChI=1S/C15H19F2N3/c1-2-6-20(10-12-4-3-5-19-12)15-13(16)7-11(9-18)8-14(15)17/h7-8,12,19H,2-6,10H2,1H3. The van der Waals surface area contributed by atoms with Crippen LogP contribution in [0.4, 0.5) is 14.5 Å². The van der Waals surface area contributed by atoms with E-state index in [2.05, 4.69) is 5.32 Å². The molecule has 1 atom stereocenters. The average molecular weight is 279 g/mol. The molecule has 0 amide bonds. The van der Waals surface area contributed by atoms with Gasteiger partial charge >= 0.3 is 0 Å². The molecule has 108 valence electrons. The topological polar surface area (TPSA) is 39.1 Å². The lowest BCUT2D eigenvalue weighted by molar-refractivity contribution is 0.537. The molecule has 0 radical (unpaired) electrons. The van der Waals surface area contributed by atoms with Crippen molar-refractivity contribution in [3.8, 4) is 6.07 Å². The number of nitriles is 1. The maximum atomic E-state index is 14.1. The number of hydrogen-bond acceptors (Lipinski definition) is 3. The first kappa shape index (κ1) is 14.7. The van der Waals surface area contributed by atoms with E-state index in [-0.39, 0.29) is 17.3 Å². The summed E-state index contributed by atoms with van der Waals surface area (Å²) in [7, 11) is 0. The van der Waals surface area contributed by atoms with Crippen LogP contribution in [0.15, 0.2) is 12.1 Å². The summed E-state index contributed by atoms with van der Waals surface area (Å²) in [6.45, 7) is 4.13. The van der Waals surface area contributed by atoms with Crippen LogP contribution < -0.4 is 10.2 Å². The zero-order valence-corrected chi connectivity index (χ0v) is 11.6. The molecule has 0 aliphatic carbocycles. The third-order valence-corrected chi connectivity index (χ3v) is 3.56. The molecule has 1 unspecified atom stereocenters. The first-order valence-corrected chi connectivity index (χ1v) is 7.03. The summed E-state index contributed by atoms with van der Waals surface area (Å²) in [5.74, 6) is -1.32. The summed E-state index contributed by atoms with van der Waals surface area (Å²) < 4.78 is 28.2. The van der Waals surface area contributed by atoms with Gasteiger partial charge in [0.1, 0.15) is 5.69 Å². The van der Waals surface area contributed by atoms with Crippen LogP contribution in [-0.2, 0) is 0 Å². The Morgan fingerprint density at radius 2 is 2.10 bits per heavy atom. The van der Waals surface area contributed by atoms with Crippen LogP contribution >= 0.6 is 0 Å². The van der Waals surface area contributed by atoms with Crippen molar-refractivity contribution < 1.29 is 8.78 Å². The summed E-state index contributed by atoms with van der Waals surface area (Å²) in [5.41, 5.74) is -0.00117. The van der Waals surface area contributed by atoms with Crippen molar-refractivity contribution in [2.45, 2.75) is 32.2 Å². The van der Waals surface area contributed by atoms with Gasteiger partial charge in [-0.05, 0) is 37.9 Å².